The number of piperazine rings is 1. The molecular weight excluding hydrogens is 324 g/mol. The van der Waals surface area contributed by atoms with Crippen molar-refractivity contribution in [3.8, 4) is 0 Å². The Morgan fingerprint density at radius 2 is 1.88 bits per heavy atom. The molecule has 4 nitrogen and oxygen atoms in total. The van der Waals surface area contributed by atoms with Gasteiger partial charge < -0.3 is 9.80 Å². The van der Waals surface area contributed by atoms with E-state index < -0.39 is 0 Å². The summed E-state index contributed by atoms with van der Waals surface area (Å²) < 4.78 is 0. The zero-order valence-electron chi connectivity index (χ0n) is 15.1. The highest BCUT2D eigenvalue weighted by Crippen LogP contribution is 2.33. The number of hydrogen-bond donors (Lipinski definition) is 0. The number of carbonyl (C=O) groups is 2. The smallest absolute Gasteiger partial charge is 0.242 e. The van der Waals surface area contributed by atoms with Gasteiger partial charge in [-0.15, -0.1) is 0 Å². The molecule has 4 heteroatoms. The third-order valence-corrected chi connectivity index (χ3v) is 5.55. The van der Waals surface area contributed by atoms with Crippen LogP contribution in [0.1, 0.15) is 34.7 Å². The summed E-state index contributed by atoms with van der Waals surface area (Å²) in [4.78, 5) is 29.0. The highest BCUT2D eigenvalue weighted by molar-refractivity contribution is 5.87. The lowest BCUT2D eigenvalue weighted by molar-refractivity contribution is -0.149. The summed E-state index contributed by atoms with van der Waals surface area (Å²) in [5.74, 6) is 0.140. The Hall–Kier alpha value is -2.62. The molecule has 0 aliphatic carbocycles. The van der Waals surface area contributed by atoms with E-state index in [2.05, 4.69) is 43.3 Å². The van der Waals surface area contributed by atoms with Gasteiger partial charge in [0, 0.05) is 19.5 Å². The molecule has 1 atom stereocenters. The number of rotatable bonds is 3. The topological polar surface area (TPSA) is 40.6 Å². The Morgan fingerprint density at radius 1 is 1.12 bits per heavy atom. The zero-order valence-corrected chi connectivity index (χ0v) is 15.1. The van der Waals surface area contributed by atoms with Crippen LogP contribution in [0.2, 0.25) is 0 Å². The Kier molecular flexibility index (Phi) is 4.49. The molecule has 2 aromatic rings. The summed E-state index contributed by atoms with van der Waals surface area (Å²) in [6.07, 6.45) is 2.07. The van der Waals surface area contributed by atoms with Gasteiger partial charge in [-0.2, -0.15) is 0 Å². The molecule has 2 aliphatic heterocycles. The SMILES string of the molecule is Cc1ccc(CCC(=O)N2CC(=O)N3CCc4ccccc4C3C2)cc1. The number of benzene rings is 2. The van der Waals surface area contributed by atoms with Gasteiger partial charge in [-0.1, -0.05) is 54.1 Å². The molecule has 26 heavy (non-hydrogen) atoms. The maximum Gasteiger partial charge on any atom is 0.242 e. The molecule has 2 amide bonds. The van der Waals surface area contributed by atoms with Crippen LogP contribution in [0.5, 0.6) is 0 Å². The summed E-state index contributed by atoms with van der Waals surface area (Å²) in [6.45, 7) is 3.63. The van der Waals surface area contributed by atoms with E-state index in [-0.39, 0.29) is 24.4 Å². The number of amides is 2. The van der Waals surface area contributed by atoms with Crippen LogP contribution in [0.25, 0.3) is 0 Å². The average Bonchev–Trinajstić information content (AvgIpc) is 2.67. The highest BCUT2D eigenvalue weighted by atomic mass is 16.2. The first kappa shape index (κ1) is 16.8. The monoisotopic (exact) mass is 348 g/mol. The molecule has 0 aromatic heterocycles. The Morgan fingerprint density at radius 3 is 2.69 bits per heavy atom. The van der Waals surface area contributed by atoms with Crippen molar-refractivity contribution in [3.05, 3.63) is 70.8 Å². The van der Waals surface area contributed by atoms with Gasteiger partial charge in [0.15, 0.2) is 0 Å². The first-order chi connectivity index (χ1) is 12.6. The summed E-state index contributed by atoms with van der Waals surface area (Å²) in [6, 6.07) is 16.6. The van der Waals surface area contributed by atoms with Crippen molar-refractivity contribution < 1.29 is 9.59 Å². The molecular formula is C22H24N2O2. The van der Waals surface area contributed by atoms with Crippen LogP contribution in [0, 0.1) is 6.92 Å². The van der Waals surface area contributed by atoms with E-state index in [1.807, 2.05) is 17.0 Å². The van der Waals surface area contributed by atoms with E-state index in [1.165, 1.54) is 16.7 Å². The van der Waals surface area contributed by atoms with Gasteiger partial charge >= 0.3 is 0 Å². The lowest BCUT2D eigenvalue weighted by Gasteiger charge is -2.44. The van der Waals surface area contributed by atoms with Gasteiger partial charge in [0.2, 0.25) is 11.8 Å². The normalized spacial score (nSPS) is 19.1. The highest BCUT2D eigenvalue weighted by Gasteiger charge is 2.38. The molecule has 2 aromatic carbocycles. The second-order valence-corrected chi connectivity index (χ2v) is 7.31. The molecule has 0 bridgehead atoms. The maximum absolute atomic E-state index is 12.7. The van der Waals surface area contributed by atoms with Crippen LogP contribution in [-0.2, 0) is 22.4 Å². The Bertz CT molecular complexity index is 828. The first-order valence-electron chi connectivity index (χ1n) is 9.32. The molecule has 134 valence electrons. The predicted molar refractivity (Wildman–Crippen MR) is 101 cm³/mol. The summed E-state index contributed by atoms with van der Waals surface area (Å²) in [5.41, 5.74) is 4.88. The largest absolute Gasteiger partial charge is 0.332 e. The van der Waals surface area contributed by atoms with Crippen LogP contribution < -0.4 is 0 Å². The van der Waals surface area contributed by atoms with Gasteiger partial charge in [-0.25, -0.2) is 0 Å². The molecule has 0 spiro atoms. The van der Waals surface area contributed by atoms with Gasteiger partial charge in [-0.3, -0.25) is 9.59 Å². The second-order valence-electron chi connectivity index (χ2n) is 7.31. The van der Waals surface area contributed by atoms with Gasteiger partial charge in [0.1, 0.15) is 0 Å². The number of nitrogens with zero attached hydrogens (tertiary/aromatic N) is 2. The van der Waals surface area contributed by atoms with Crippen molar-refractivity contribution in [1.29, 1.82) is 0 Å². The van der Waals surface area contributed by atoms with Crippen LogP contribution in [-0.4, -0.2) is 41.2 Å². The van der Waals surface area contributed by atoms with Crippen molar-refractivity contribution in [3.63, 3.8) is 0 Å². The minimum Gasteiger partial charge on any atom is -0.332 e. The average molecular weight is 348 g/mol. The standard InChI is InChI=1S/C22H24N2O2/c1-16-6-8-17(9-7-16)10-11-21(25)23-14-20-19-5-3-2-4-18(19)12-13-24(20)22(26)15-23/h2-9,20H,10-15H2,1H3. The molecule has 1 unspecified atom stereocenters. The molecule has 0 N–H and O–H groups in total. The van der Waals surface area contributed by atoms with E-state index >= 15 is 0 Å². The molecule has 1 saturated heterocycles. The lowest BCUT2D eigenvalue weighted by Crippen LogP contribution is -2.55. The zero-order chi connectivity index (χ0) is 18.1. The molecule has 2 aliphatic rings. The Labute approximate surface area is 154 Å². The van der Waals surface area contributed by atoms with E-state index in [0.29, 0.717) is 13.0 Å². The summed E-state index contributed by atoms with van der Waals surface area (Å²) in [5, 5.41) is 0. The van der Waals surface area contributed by atoms with E-state index in [9.17, 15) is 9.59 Å². The van der Waals surface area contributed by atoms with Gasteiger partial charge in [0.25, 0.3) is 0 Å². The van der Waals surface area contributed by atoms with Crippen LogP contribution in [0.3, 0.4) is 0 Å². The van der Waals surface area contributed by atoms with Crippen LogP contribution in [0.15, 0.2) is 48.5 Å². The minimum atomic E-state index is 0.00419. The van der Waals surface area contributed by atoms with Crippen molar-refractivity contribution in [1.82, 2.24) is 9.80 Å². The van der Waals surface area contributed by atoms with Crippen molar-refractivity contribution in [2.45, 2.75) is 32.2 Å². The molecule has 0 saturated carbocycles. The third kappa shape index (κ3) is 3.24. The van der Waals surface area contributed by atoms with Crippen molar-refractivity contribution in [2.75, 3.05) is 19.6 Å². The number of fused-ring (bicyclic) bond motifs is 3. The number of aryl methyl sites for hydroxylation is 2. The fourth-order valence-corrected chi connectivity index (χ4v) is 4.03. The first-order valence-corrected chi connectivity index (χ1v) is 9.32. The van der Waals surface area contributed by atoms with Crippen LogP contribution >= 0.6 is 0 Å². The maximum atomic E-state index is 12.7. The molecule has 2 heterocycles. The fourth-order valence-electron chi connectivity index (χ4n) is 4.03. The number of hydrogen-bond acceptors (Lipinski definition) is 2. The summed E-state index contributed by atoms with van der Waals surface area (Å²) >= 11 is 0. The van der Waals surface area contributed by atoms with Crippen LogP contribution in [0.4, 0.5) is 0 Å². The molecule has 0 radical (unpaired) electrons. The third-order valence-electron chi connectivity index (χ3n) is 5.55. The lowest BCUT2D eigenvalue weighted by atomic mass is 9.90. The second kappa shape index (κ2) is 6.94. The summed E-state index contributed by atoms with van der Waals surface area (Å²) in [7, 11) is 0. The van der Waals surface area contributed by atoms with E-state index in [4.69, 9.17) is 0 Å². The van der Waals surface area contributed by atoms with E-state index in [1.54, 1.807) is 4.90 Å². The number of carbonyl (C=O) groups excluding carboxylic acids is 2. The van der Waals surface area contributed by atoms with Crippen molar-refractivity contribution in [2.24, 2.45) is 0 Å². The molecule has 4 rings (SSSR count). The minimum absolute atomic E-state index is 0.00419. The fraction of sp³-hybridized carbons (Fsp3) is 0.364. The van der Waals surface area contributed by atoms with Gasteiger partial charge in [0.05, 0.1) is 12.6 Å². The quantitative estimate of drug-likeness (QED) is 0.856. The van der Waals surface area contributed by atoms with Gasteiger partial charge in [-0.05, 0) is 36.5 Å². The predicted octanol–water partition coefficient (Wildman–Crippen LogP) is 2.90. The van der Waals surface area contributed by atoms with E-state index in [0.717, 1.165) is 24.9 Å². The molecule has 1 fully saturated rings. The van der Waals surface area contributed by atoms with Crippen molar-refractivity contribution >= 4 is 11.8 Å². The Balaban J connectivity index is 1.46.